The van der Waals surface area contributed by atoms with Crippen molar-refractivity contribution in [2.75, 3.05) is 14.2 Å². The van der Waals surface area contributed by atoms with E-state index in [1.165, 1.54) is 7.11 Å². The van der Waals surface area contributed by atoms with Gasteiger partial charge in [0.2, 0.25) is 0 Å². The van der Waals surface area contributed by atoms with Gasteiger partial charge in [0.25, 0.3) is 0 Å². The Kier molecular flexibility index (Phi) is 4.00. The predicted molar refractivity (Wildman–Crippen MR) is 73.4 cm³/mol. The van der Waals surface area contributed by atoms with E-state index >= 15 is 0 Å². The summed E-state index contributed by atoms with van der Waals surface area (Å²) in [4.78, 5) is 15.7. The van der Waals surface area contributed by atoms with Gasteiger partial charge < -0.3 is 9.47 Å². The summed E-state index contributed by atoms with van der Waals surface area (Å²) in [5.74, 6) is 0.563. The third-order valence-electron chi connectivity index (χ3n) is 3.21. The fourth-order valence-electron chi connectivity index (χ4n) is 2.25. The second-order valence-electron chi connectivity index (χ2n) is 4.34. The lowest BCUT2D eigenvalue weighted by molar-refractivity contribution is -0.140. The molecule has 0 atom stereocenters. The smallest absolute Gasteiger partial charge is 0.305 e. The monoisotopic (exact) mass is 259 g/mol. The minimum Gasteiger partial charge on any atom is -0.496 e. The quantitative estimate of drug-likeness (QED) is 0.792. The third-order valence-corrected chi connectivity index (χ3v) is 3.21. The molecular formula is C15H17NO3. The zero-order valence-corrected chi connectivity index (χ0v) is 11.4. The molecule has 0 amide bonds. The first-order valence-electron chi connectivity index (χ1n) is 6.15. The molecule has 2 aromatic rings. The Balaban J connectivity index is 2.51. The number of aromatic nitrogens is 1. The van der Waals surface area contributed by atoms with Crippen LogP contribution in [0.4, 0.5) is 0 Å². The minimum absolute atomic E-state index is 0.222. The number of ether oxygens (including phenoxy) is 2. The van der Waals surface area contributed by atoms with Gasteiger partial charge in [0.1, 0.15) is 5.75 Å². The lowest BCUT2D eigenvalue weighted by atomic mass is 9.99. The molecule has 1 aromatic carbocycles. The molecule has 0 radical (unpaired) electrons. The molecule has 0 aliphatic heterocycles. The maximum absolute atomic E-state index is 11.3. The van der Waals surface area contributed by atoms with Crippen molar-refractivity contribution in [3.8, 4) is 5.75 Å². The number of methoxy groups -OCH3 is 2. The van der Waals surface area contributed by atoms with E-state index in [0.29, 0.717) is 12.8 Å². The van der Waals surface area contributed by atoms with Crippen LogP contribution in [0.2, 0.25) is 0 Å². The summed E-state index contributed by atoms with van der Waals surface area (Å²) in [7, 11) is 3.03. The van der Waals surface area contributed by atoms with Crippen LogP contribution < -0.4 is 4.74 Å². The summed E-state index contributed by atoms with van der Waals surface area (Å²) in [5, 5.41) is 1.06. The van der Waals surface area contributed by atoms with Gasteiger partial charge in [-0.05, 0) is 37.1 Å². The van der Waals surface area contributed by atoms with Crippen LogP contribution in [0.15, 0.2) is 24.4 Å². The number of aryl methyl sites for hydroxylation is 2. The average Bonchev–Trinajstić information content (AvgIpc) is 2.44. The molecule has 0 aliphatic carbocycles. The van der Waals surface area contributed by atoms with Crippen LogP contribution in [0.25, 0.3) is 10.9 Å². The van der Waals surface area contributed by atoms with Gasteiger partial charge in [-0.3, -0.25) is 9.78 Å². The number of rotatable bonds is 4. The Morgan fingerprint density at radius 1 is 1.26 bits per heavy atom. The third kappa shape index (κ3) is 2.67. The number of pyridine rings is 1. The Hall–Kier alpha value is -2.10. The first-order chi connectivity index (χ1) is 9.17. The molecule has 100 valence electrons. The van der Waals surface area contributed by atoms with E-state index in [0.717, 1.165) is 27.8 Å². The van der Waals surface area contributed by atoms with Gasteiger partial charge in [0, 0.05) is 23.6 Å². The van der Waals surface area contributed by atoms with Crippen molar-refractivity contribution < 1.29 is 14.3 Å². The van der Waals surface area contributed by atoms with Gasteiger partial charge in [-0.25, -0.2) is 0 Å². The zero-order valence-electron chi connectivity index (χ0n) is 11.4. The van der Waals surface area contributed by atoms with Crippen molar-refractivity contribution in [1.82, 2.24) is 4.98 Å². The number of benzene rings is 1. The lowest BCUT2D eigenvalue weighted by Gasteiger charge is -2.13. The van der Waals surface area contributed by atoms with E-state index in [9.17, 15) is 4.79 Å². The van der Waals surface area contributed by atoms with Gasteiger partial charge in [0.15, 0.2) is 0 Å². The Morgan fingerprint density at radius 3 is 2.74 bits per heavy atom. The van der Waals surface area contributed by atoms with Crippen LogP contribution in [0, 0.1) is 6.92 Å². The highest BCUT2D eigenvalue weighted by Gasteiger charge is 2.13. The molecular weight excluding hydrogens is 242 g/mol. The zero-order chi connectivity index (χ0) is 13.8. The number of carbonyl (C=O) groups excluding carboxylic acids is 1. The number of fused-ring (bicyclic) bond motifs is 1. The Bertz CT molecular complexity index is 608. The van der Waals surface area contributed by atoms with Crippen molar-refractivity contribution in [3.63, 3.8) is 0 Å². The lowest BCUT2D eigenvalue weighted by Crippen LogP contribution is -2.04. The normalized spacial score (nSPS) is 10.5. The van der Waals surface area contributed by atoms with E-state index in [1.54, 1.807) is 13.3 Å². The topological polar surface area (TPSA) is 48.4 Å². The van der Waals surface area contributed by atoms with Gasteiger partial charge >= 0.3 is 5.97 Å². The van der Waals surface area contributed by atoms with Crippen molar-refractivity contribution >= 4 is 16.9 Å². The first kappa shape index (κ1) is 13.3. The average molecular weight is 259 g/mol. The van der Waals surface area contributed by atoms with Gasteiger partial charge in [-0.15, -0.1) is 0 Å². The molecule has 1 heterocycles. The standard InChI is InChI=1S/C15H17NO3/c1-10-8-9-16-12-5-6-13(18-2)11(15(10)12)4-7-14(17)19-3/h5-6,8-9H,4,7H2,1-3H3. The molecule has 19 heavy (non-hydrogen) atoms. The van der Waals surface area contributed by atoms with Crippen LogP contribution in [0.3, 0.4) is 0 Å². The van der Waals surface area contributed by atoms with Crippen LogP contribution in [-0.2, 0) is 16.0 Å². The maximum Gasteiger partial charge on any atom is 0.305 e. The van der Waals surface area contributed by atoms with Crippen LogP contribution >= 0.6 is 0 Å². The van der Waals surface area contributed by atoms with Gasteiger partial charge in [0.05, 0.1) is 19.7 Å². The number of hydrogen-bond donors (Lipinski definition) is 0. The molecule has 0 spiro atoms. The molecule has 4 heteroatoms. The molecule has 0 aliphatic rings. The van der Waals surface area contributed by atoms with Crippen molar-refractivity contribution in [3.05, 3.63) is 35.5 Å². The summed E-state index contributed by atoms with van der Waals surface area (Å²) in [6.07, 6.45) is 2.70. The highest BCUT2D eigenvalue weighted by molar-refractivity contribution is 5.88. The summed E-state index contributed by atoms with van der Waals surface area (Å²) in [6.45, 7) is 2.03. The van der Waals surface area contributed by atoms with E-state index in [4.69, 9.17) is 9.47 Å². The van der Waals surface area contributed by atoms with Crippen molar-refractivity contribution in [2.24, 2.45) is 0 Å². The molecule has 4 nitrogen and oxygen atoms in total. The van der Waals surface area contributed by atoms with Crippen LogP contribution in [-0.4, -0.2) is 25.2 Å². The number of carbonyl (C=O) groups is 1. The Labute approximate surface area is 112 Å². The molecule has 0 saturated heterocycles. The number of hydrogen-bond acceptors (Lipinski definition) is 4. The van der Waals surface area contributed by atoms with Gasteiger partial charge in [-0.2, -0.15) is 0 Å². The summed E-state index contributed by atoms with van der Waals surface area (Å²) in [5.41, 5.74) is 3.06. The molecule has 0 fully saturated rings. The summed E-state index contributed by atoms with van der Waals surface area (Å²) in [6, 6.07) is 5.79. The van der Waals surface area contributed by atoms with Gasteiger partial charge in [-0.1, -0.05) is 0 Å². The van der Waals surface area contributed by atoms with E-state index in [-0.39, 0.29) is 5.97 Å². The summed E-state index contributed by atoms with van der Waals surface area (Å²) < 4.78 is 10.1. The van der Waals surface area contributed by atoms with Crippen LogP contribution in [0.5, 0.6) is 5.75 Å². The number of nitrogens with zero attached hydrogens (tertiary/aromatic N) is 1. The second kappa shape index (κ2) is 5.69. The Morgan fingerprint density at radius 2 is 2.05 bits per heavy atom. The fraction of sp³-hybridized carbons (Fsp3) is 0.333. The molecule has 0 unspecified atom stereocenters. The number of esters is 1. The molecule has 1 aromatic heterocycles. The maximum atomic E-state index is 11.3. The highest BCUT2D eigenvalue weighted by atomic mass is 16.5. The SMILES string of the molecule is COC(=O)CCc1c(OC)ccc2nccc(C)c12. The van der Waals surface area contributed by atoms with E-state index < -0.39 is 0 Å². The first-order valence-corrected chi connectivity index (χ1v) is 6.15. The molecule has 0 N–H and O–H groups in total. The summed E-state index contributed by atoms with van der Waals surface area (Å²) >= 11 is 0. The highest BCUT2D eigenvalue weighted by Crippen LogP contribution is 2.30. The van der Waals surface area contributed by atoms with Crippen LogP contribution in [0.1, 0.15) is 17.5 Å². The molecule has 0 bridgehead atoms. The fourth-order valence-corrected chi connectivity index (χ4v) is 2.25. The molecule has 0 saturated carbocycles. The predicted octanol–water partition coefficient (Wildman–Crippen LogP) is 2.66. The van der Waals surface area contributed by atoms with Crippen molar-refractivity contribution in [2.45, 2.75) is 19.8 Å². The largest absolute Gasteiger partial charge is 0.496 e. The van der Waals surface area contributed by atoms with E-state index in [2.05, 4.69) is 4.98 Å². The van der Waals surface area contributed by atoms with E-state index in [1.807, 2.05) is 25.1 Å². The second-order valence-corrected chi connectivity index (χ2v) is 4.34. The van der Waals surface area contributed by atoms with Crippen molar-refractivity contribution in [1.29, 1.82) is 0 Å². The molecule has 2 rings (SSSR count). The minimum atomic E-state index is -0.222.